The number of hydrazine groups is 1. The van der Waals surface area contributed by atoms with Crippen LogP contribution >= 0.6 is 34.8 Å². The van der Waals surface area contributed by atoms with Gasteiger partial charge in [0, 0.05) is 10.2 Å². The predicted octanol–water partition coefficient (Wildman–Crippen LogP) is 0.963. The van der Waals surface area contributed by atoms with Crippen molar-refractivity contribution in [2.45, 2.75) is 6.92 Å². The minimum Gasteiger partial charge on any atom is -0.372 e. The van der Waals surface area contributed by atoms with Gasteiger partial charge in [-0.25, -0.2) is 0 Å². The average Bonchev–Trinajstić information content (AvgIpc) is 2.43. The second kappa shape index (κ2) is 8.82. The second-order valence-corrected chi connectivity index (χ2v) is 5.14. The molecule has 0 aliphatic heterocycles. The first kappa shape index (κ1) is 16.8. The summed E-state index contributed by atoms with van der Waals surface area (Å²) >= 11 is 6.96. The predicted molar refractivity (Wildman–Crippen MR) is 87.0 cm³/mol. The van der Waals surface area contributed by atoms with Gasteiger partial charge in [0.25, 0.3) is 11.8 Å². The van der Waals surface area contributed by atoms with Gasteiger partial charge in [-0.2, -0.15) is 0 Å². The molecule has 0 unspecified atom stereocenters. The van der Waals surface area contributed by atoms with E-state index < -0.39 is 0 Å². The Bertz CT molecular complexity index is 510. The smallest absolute Gasteiger partial charge is 0.264 e. The molecular formula is C12H14IN3O3S. The van der Waals surface area contributed by atoms with Gasteiger partial charge in [-0.15, -0.1) is 0 Å². The van der Waals surface area contributed by atoms with Gasteiger partial charge in [0.05, 0.1) is 5.56 Å². The Morgan fingerprint density at radius 1 is 1.30 bits per heavy atom. The Hall–Kier alpha value is -1.26. The molecule has 0 radical (unpaired) electrons. The van der Waals surface area contributed by atoms with Gasteiger partial charge >= 0.3 is 0 Å². The van der Waals surface area contributed by atoms with Gasteiger partial charge in [0.2, 0.25) is 0 Å². The highest BCUT2D eigenvalue weighted by atomic mass is 127. The molecule has 6 nitrogen and oxygen atoms in total. The highest BCUT2D eigenvalue weighted by Crippen LogP contribution is 2.10. The van der Waals surface area contributed by atoms with Gasteiger partial charge in [0.1, 0.15) is 6.61 Å². The number of halogens is 1. The van der Waals surface area contributed by atoms with Crippen molar-refractivity contribution in [2.24, 2.45) is 0 Å². The van der Waals surface area contributed by atoms with Crippen molar-refractivity contribution in [1.29, 1.82) is 0 Å². The third kappa shape index (κ3) is 5.80. The van der Waals surface area contributed by atoms with Crippen LogP contribution in [0.1, 0.15) is 17.3 Å². The highest BCUT2D eigenvalue weighted by molar-refractivity contribution is 14.1. The number of benzene rings is 1. The largest absolute Gasteiger partial charge is 0.372 e. The quantitative estimate of drug-likeness (QED) is 0.394. The molecule has 0 bridgehead atoms. The number of rotatable bonds is 4. The Morgan fingerprint density at radius 2 is 2.00 bits per heavy atom. The Labute approximate surface area is 135 Å². The topological polar surface area (TPSA) is 79.5 Å². The molecule has 0 atom stereocenters. The van der Waals surface area contributed by atoms with Crippen molar-refractivity contribution in [1.82, 2.24) is 16.2 Å². The zero-order valence-electron chi connectivity index (χ0n) is 10.7. The standard InChI is InChI=1S/C12H14IN3O3S/c1-2-19-7-10(17)15-16-12(20)14-11(18)8-5-3-4-6-9(8)13/h3-6H,2,7H2,1H3,(H,15,17)(H2,14,16,18,20). The summed E-state index contributed by atoms with van der Waals surface area (Å²) in [4.78, 5) is 23.2. The molecule has 1 rings (SSSR count). The molecule has 0 heterocycles. The van der Waals surface area contributed by atoms with Crippen LogP contribution in [-0.2, 0) is 9.53 Å². The SMILES string of the molecule is CCOCC(=O)NNC(=S)NC(=O)c1ccccc1I. The van der Waals surface area contributed by atoms with E-state index in [-0.39, 0.29) is 23.5 Å². The van der Waals surface area contributed by atoms with E-state index in [1.165, 1.54) is 0 Å². The van der Waals surface area contributed by atoms with Crippen LogP contribution in [0.2, 0.25) is 0 Å². The molecule has 2 amide bonds. The van der Waals surface area contributed by atoms with Crippen molar-refractivity contribution < 1.29 is 14.3 Å². The maximum atomic E-state index is 11.9. The minimum absolute atomic E-state index is 0.0134. The van der Waals surface area contributed by atoms with Crippen LogP contribution < -0.4 is 16.2 Å². The fraction of sp³-hybridized carbons (Fsp3) is 0.250. The highest BCUT2D eigenvalue weighted by Gasteiger charge is 2.11. The zero-order chi connectivity index (χ0) is 15.0. The first-order valence-electron chi connectivity index (χ1n) is 5.77. The number of carbonyl (C=O) groups is 2. The first-order valence-corrected chi connectivity index (χ1v) is 7.25. The van der Waals surface area contributed by atoms with E-state index in [1.54, 1.807) is 19.1 Å². The summed E-state index contributed by atoms with van der Waals surface area (Å²) in [5.41, 5.74) is 5.26. The second-order valence-electron chi connectivity index (χ2n) is 3.57. The molecule has 1 aromatic rings. The van der Waals surface area contributed by atoms with E-state index in [4.69, 9.17) is 17.0 Å². The van der Waals surface area contributed by atoms with Crippen molar-refractivity contribution in [2.75, 3.05) is 13.2 Å². The molecule has 108 valence electrons. The molecular weight excluding hydrogens is 393 g/mol. The van der Waals surface area contributed by atoms with E-state index in [0.29, 0.717) is 12.2 Å². The molecule has 0 saturated carbocycles. The van der Waals surface area contributed by atoms with Crippen molar-refractivity contribution in [3.05, 3.63) is 33.4 Å². The van der Waals surface area contributed by atoms with Crippen LogP contribution in [0.15, 0.2) is 24.3 Å². The van der Waals surface area contributed by atoms with Crippen LogP contribution in [0, 0.1) is 3.57 Å². The van der Waals surface area contributed by atoms with Gasteiger partial charge in [-0.1, -0.05) is 12.1 Å². The summed E-state index contributed by atoms with van der Waals surface area (Å²) in [6.07, 6.45) is 0. The number of ether oxygens (including phenoxy) is 1. The molecule has 0 fully saturated rings. The Balaban J connectivity index is 2.41. The van der Waals surface area contributed by atoms with E-state index >= 15 is 0 Å². The molecule has 3 N–H and O–H groups in total. The molecule has 0 aliphatic carbocycles. The van der Waals surface area contributed by atoms with Crippen LogP contribution in [-0.4, -0.2) is 30.1 Å². The van der Waals surface area contributed by atoms with E-state index in [9.17, 15) is 9.59 Å². The number of nitrogens with one attached hydrogen (secondary N) is 3. The van der Waals surface area contributed by atoms with Gasteiger partial charge in [0.15, 0.2) is 5.11 Å². The molecule has 0 aromatic heterocycles. The number of amides is 2. The van der Waals surface area contributed by atoms with Gasteiger partial charge in [-0.05, 0) is 53.9 Å². The van der Waals surface area contributed by atoms with Gasteiger partial charge in [-0.3, -0.25) is 25.8 Å². The van der Waals surface area contributed by atoms with Gasteiger partial charge < -0.3 is 4.74 Å². The van der Waals surface area contributed by atoms with E-state index in [2.05, 4.69) is 38.8 Å². The summed E-state index contributed by atoms with van der Waals surface area (Å²) in [6, 6.07) is 7.10. The molecule has 0 aliphatic rings. The maximum Gasteiger partial charge on any atom is 0.264 e. The minimum atomic E-state index is -0.377. The molecule has 1 aromatic carbocycles. The summed E-state index contributed by atoms with van der Waals surface area (Å²) in [7, 11) is 0. The number of hydrogen-bond donors (Lipinski definition) is 3. The van der Waals surface area contributed by atoms with Crippen LogP contribution in [0.4, 0.5) is 0 Å². The van der Waals surface area contributed by atoms with Crippen molar-refractivity contribution >= 4 is 51.7 Å². The third-order valence-electron chi connectivity index (χ3n) is 2.10. The Kier molecular flexibility index (Phi) is 7.41. The lowest BCUT2D eigenvalue weighted by molar-refractivity contribution is -0.126. The maximum absolute atomic E-state index is 11.9. The summed E-state index contributed by atoms with van der Waals surface area (Å²) in [6.45, 7) is 2.16. The fourth-order valence-corrected chi connectivity index (χ4v) is 1.98. The van der Waals surface area contributed by atoms with Crippen LogP contribution in [0.25, 0.3) is 0 Å². The molecule has 20 heavy (non-hydrogen) atoms. The lowest BCUT2D eigenvalue weighted by atomic mass is 10.2. The van der Waals surface area contributed by atoms with E-state index in [0.717, 1.165) is 3.57 Å². The number of carbonyl (C=O) groups excluding carboxylic acids is 2. The van der Waals surface area contributed by atoms with Crippen molar-refractivity contribution in [3.63, 3.8) is 0 Å². The van der Waals surface area contributed by atoms with Crippen LogP contribution in [0.5, 0.6) is 0 Å². The fourth-order valence-electron chi connectivity index (χ4n) is 1.20. The number of thiocarbonyl (C=S) groups is 1. The summed E-state index contributed by atoms with van der Waals surface area (Å²) in [5.74, 6) is -0.718. The average molecular weight is 407 g/mol. The number of hydrogen-bond acceptors (Lipinski definition) is 4. The molecule has 8 heteroatoms. The monoisotopic (exact) mass is 407 g/mol. The first-order chi connectivity index (χ1) is 9.54. The van der Waals surface area contributed by atoms with Crippen molar-refractivity contribution in [3.8, 4) is 0 Å². The normalized spacial score (nSPS) is 9.70. The third-order valence-corrected chi connectivity index (χ3v) is 3.24. The lowest BCUT2D eigenvalue weighted by Crippen LogP contribution is -2.49. The van der Waals surface area contributed by atoms with E-state index in [1.807, 2.05) is 12.1 Å². The Morgan fingerprint density at radius 3 is 2.65 bits per heavy atom. The zero-order valence-corrected chi connectivity index (χ0v) is 13.7. The molecule has 0 spiro atoms. The van der Waals surface area contributed by atoms with Crippen LogP contribution in [0.3, 0.4) is 0 Å². The summed E-state index contributed by atoms with van der Waals surface area (Å²) < 4.78 is 5.72. The lowest BCUT2D eigenvalue weighted by Gasteiger charge is -2.11. The molecule has 0 saturated heterocycles. The summed E-state index contributed by atoms with van der Waals surface area (Å²) in [5, 5.41) is 2.48.